The normalized spacial score (nSPS) is 10.5. The maximum Gasteiger partial charge on any atom is 0.269 e. The maximum absolute atomic E-state index is 12.2. The third kappa shape index (κ3) is 2.50. The molecule has 0 bridgehead atoms. The van der Waals surface area contributed by atoms with Crippen LogP contribution in [0.15, 0.2) is 23.0 Å². The van der Waals surface area contributed by atoms with Crippen molar-refractivity contribution in [2.75, 3.05) is 0 Å². The monoisotopic (exact) mass is 270 g/mol. The highest BCUT2D eigenvalue weighted by Gasteiger charge is 2.10. The zero-order chi connectivity index (χ0) is 14.7. The molecule has 0 amide bonds. The third-order valence-corrected chi connectivity index (χ3v) is 3.41. The van der Waals surface area contributed by atoms with Crippen LogP contribution in [0.5, 0.6) is 0 Å². The van der Waals surface area contributed by atoms with Crippen LogP contribution in [0.4, 0.5) is 0 Å². The number of hydrogen-bond donors (Lipinski definition) is 0. The van der Waals surface area contributed by atoms with E-state index in [-0.39, 0.29) is 11.1 Å². The first-order valence-electron chi connectivity index (χ1n) is 6.76. The second-order valence-electron chi connectivity index (χ2n) is 4.69. The van der Waals surface area contributed by atoms with Crippen LogP contribution in [0.3, 0.4) is 0 Å². The molecule has 2 aromatic heterocycles. The summed E-state index contributed by atoms with van der Waals surface area (Å²) >= 11 is 0. The van der Waals surface area contributed by atoms with Crippen molar-refractivity contribution in [2.24, 2.45) is 0 Å². The van der Waals surface area contributed by atoms with Crippen LogP contribution < -0.4 is 5.56 Å². The number of rotatable bonds is 4. The molecule has 0 spiro atoms. The van der Waals surface area contributed by atoms with Crippen LogP contribution >= 0.6 is 0 Å². The predicted octanol–water partition coefficient (Wildman–Crippen LogP) is 1.86. The Morgan fingerprint density at radius 2 is 2.10 bits per heavy atom. The van der Waals surface area contributed by atoms with E-state index in [1.165, 1.54) is 0 Å². The minimum absolute atomic E-state index is 0.175. The summed E-state index contributed by atoms with van der Waals surface area (Å²) in [6, 6.07) is 7.33. The van der Waals surface area contributed by atoms with Gasteiger partial charge in [0.1, 0.15) is 11.6 Å². The Bertz CT molecular complexity index is 718. The summed E-state index contributed by atoms with van der Waals surface area (Å²) in [6.07, 6.45) is 0.867. The van der Waals surface area contributed by atoms with Gasteiger partial charge in [-0.2, -0.15) is 10.4 Å². The Labute approximate surface area is 118 Å². The lowest BCUT2D eigenvalue weighted by Gasteiger charge is -2.11. The molecule has 2 aromatic rings. The van der Waals surface area contributed by atoms with E-state index in [0.717, 1.165) is 30.0 Å². The Morgan fingerprint density at radius 3 is 2.70 bits per heavy atom. The molecule has 0 atom stereocenters. The van der Waals surface area contributed by atoms with Crippen molar-refractivity contribution in [3.05, 3.63) is 51.2 Å². The van der Waals surface area contributed by atoms with Gasteiger partial charge < -0.3 is 4.57 Å². The topological polar surface area (TPSA) is 63.6 Å². The van der Waals surface area contributed by atoms with Crippen LogP contribution in [-0.2, 0) is 19.5 Å². The molecule has 5 heteroatoms. The first kappa shape index (κ1) is 14.1. The first-order valence-corrected chi connectivity index (χ1v) is 6.76. The molecule has 2 heterocycles. The van der Waals surface area contributed by atoms with Crippen molar-refractivity contribution in [3.63, 3.8) is 0 Å². The molecule has 0 fully saturated rings. The summed E-state index contributed by atoms with van der Waals surface area (Å²) < 4.78 is 3.53. The van der Waals surface area contributed by atoms with E-state index >= 15 is 0 Å². The summed E-state index contributed by atoms with van der Waals surface area (Å²) in [6.45, 7) is 7.16. The van der Waals surface area contributed by atoms with Crippen molar-refractivity contribution in [1.82, 2.24) is 14.3 Å². The molecule has 0 aliphatic heterocycles. The van der Waals surface area contributed by atoms with Crippen molar-refractivity contribution < 1.29 is 0 Å². The van der Waals surface area contributed by atoms with Gasteiger partial charge in [0.25, 0.3) is 5.56 Å². The number of nitriles is 1. The van der Waals surface area contributed by atoms with E-state index in [2.05, 4.69) is 12.0 Å². The Balaban J connectivity index is 2.48. The van der Waals surface area contributed by atoms with Crippen molar-refractivity contribution in [1.29, 1.82) is 5.26 Å². The Kier molecular flexibility index (Phi) is 4.04. The summed E-state index contributed by atoms with van der Waals surface area (Å²) in [5, 5.41) is 13.4. The van der Waals surface area contributed by atoms with Gasteiger partial charge in [-0.1, -0.05) is 6.92 Å². The van der Waals surface area contributed by atoms with E-state index in [4.69, 9.17) is 5.26 Å². The zero-order valence-electron chi connectivity index (χ0n) is 12.1. The summed E-state index contributed by atoms with van der Waals surface area (Å²) in [4.78, 5) is 12.2. The molecule has 0 aromatic carbocycles. The quantitative estimate of drug-likeness (QED) is 0.851. The van der Waals surface area contributed by atoms with E-state index in [9.17, 15) is 4.79 Å². The highest BCUT2D eigenvalue weighted by molar-refractivity contribution is 5.28. The summed E-state index contributed by atoms with van der Waals surface area (Å²) in [7, 11) is 0. The molecular formula is C15H18N4O. The van der Waals surface area contributed by atoms with Gasteiger partial charge in [0.2, 0.25) is 0 Å². The van der Waals surface area contributed by atoms with Gasteiger partial charge in [0.05, 0.1) is 17.9 Å². The van der Waals surface area contributed by atoms with E-state index < -0.39 is 0 Å². The highest BCUT2D eigenvalue weighted by Crippen LogP contribution is 2.09. The molecule has 2 rings (SSSR count). The average Bonchev–Trinajstić information content (AvgIpc) is 2.86. The fourth-order valence-electron chi connectivity index (χ4n) is 2.20. The van der Waals surface area contributed by atoms with Crippen LogP contribution in [0, 0.1) is 18.3 Å². The van der Waals surface area contributed by atoms with E-state index in [0.29, 0.717) is 6.54 Å². The van der Waals surface area contributed by atoms with Crippen LogP contribution in [-0.4, -0.2) is 14.3 Å². The first-order chi connectivity index (χ1) is 9.60. The summed E-state index contributed by atoms with van der Waals surface area (Å²) in [5.41, 5.74) is 2.79. The van der Waals surface area contributed by atoms with E-state index in [1.807, 2.05) is 30.7 Å². The lowest BCUT2D eigenvalue weighted by atomic mass is 10.2. The standard InChI is InChI=1S/C15H18N4O/c1-4-13-8-14(19(5-2)17-13)10-18-11(3)6-7-12(9-16)15(18)20/h6-8H,4-5,10H2,1-3H3. The SMILES string of the molecule is CCc1cc(Cn2c(C)ccc(C#N)c2=O)n(CC)n1. The third-order valence-electron chi connectivity index (χ3n) is 3.41. The molecule has 0 unspecified atom stereocenters. The molecule has 0 saturated carbocycles. The molecule has 5 nitrogen and oxygen atoms in total. The lowest BCUT2D eigenvalue weighted by Crippen LogP contribution is -2.26. The van der Waals surface area contributed by atoms with Crippen molar-refractivity contribution >= 4 is 0 Å². The van der Waals surface area contributed by atoms with Crippen LogP contribution in [0.2, 0.25) is 0 Å². The van der Waals surface area contributed by atoms with Gasteiger partial charge >= 0.3 is 0 Å². The van der Waals surface area contributed by atoms with Gasteiger partial charge in [-0.25, -0.2) is 0 Å². The lowest BCUT2D eigenvalue weighted by molar-refractivity contribution is 0.584. The Hall–Kier alpha value is -2.35. The smallest absolute Gasteiger partial charge is 0.269 e. The molecule has 0 N–H and O–H groups in total. The average molecular weight is 270 g/mol. The second-order valence-corrected chi connectivity index (χ2v) is 4.69. The highest BCUT2D eigenvalue weighted by atomic mass is 16.1. The van der Waals surface area contributed by atoms with E-state index in [1.54, 1.807) is 16.7 Å². The minimum Gasteiger partial charge on any atom is -0.306 e. The van der Waals surface area contributed by atoms with Gasteiger partial charge in [-0.05, 0) is 38.5 Å². The second kappa shape index (κ2) is 5.74. The van der Waals surface area contributed by atoms with Crippen LogP contribution in [0.1, 0.15) is 36.5 Å². The van der Waals surface area contributed by atoms with Gasteiger partial charge in [-0.15, -0.1) is 0 Å². The minimum atomic E-state index is -0.241. The molecular weight excluding hydrogens is 252 g/mol. The van der Waals surface area contributed by atoms with Crippen molar-refractivity contribution in [3.8, 4) is 6.07 Å². The van der Waals surface area contributed by atoms with Crippen molar-refractivity contribution in [2.45, 2.75) is 40.3 Å². The molecule has 104 valence electrons. The van der Waals surface area contributed by atoms with Gasteiger partial charge in [-0.3, -0.25) is 9.48 Å². The predicted molar refractivity (Wildman–Crippen MR) is 76.5 cm³/mol. The summed E-state index contributed by atoms with van der Waals surface area (Å²) in [5.74, 6) is 0. The fourth-order valence-corrected chi connectivity index (χ4v) is 2.20. The molecule has 0 radical (unpaired) electrons. The molecule has 0 aliphatic carbocycles. The molecule has 20 heavy (non-hydrogen) atoms. The number of aryl methyl sites for hydroxylation is 3. The molecule has 0 aliphatic rings. The van der Waals surface area contributed by atoms with Gasteiger partial charge in [0, 0.05) is 12.2 Å². The molecule has 0 saturated heterocycles. The largest absolute Gasteiger partial charge is 0.306 e. The zero-order valence-corrected chi connectivity index (χ0v) is 12.1. The maximum atomic E-state index is 12.2. The number of pyridine rings is 1. The van der Waals surface area contributed by atoms with Gasteiger partial charge in [0.15, 0.2) is 0 Å². The number of hydrogen-bond acceptors (Lipinski definition) is 3. The van der Waals surface area contributed by atoms with Crippen LogP contribution in [0.25, 0.3) is 0 Å². The fraction of sp³-hybridized carbons (Fsp3) is 0.400. The Morgan fingerprint density at radius 1 is 1.35 bits per heavy atom. The number of nitrogens with zero attached hydrogens (tertiary/aromatic N) is 4. The number of aromatic nitrogens is 3.